The van der Waals surface area contributed by atoms with Gasteiger partial charge in [0.15, 0.2) is 16.0 Å². The van der Waals surface area contributed by atoms with Crippen LogP contribution in [0.25, 0.3) is 0 Å². The molecule has 2 unspecified atom stereocenters. The number of carbonyl (C=O) groups is 2. The van der Waals surface area contributed by atoms with Gasteiger partial charge in [0.1, 0.15) is 16.6 Å². The summed E-state index contributed by atoms with van der Waals surface area (Å²) in [6, 6.07) is 1.28. The Bertz CT molecular complexity index is 1680. The lowest BCUT2D eigenvalue weighted by atomic mass is 9.80. The van der Waals surface area contributed by atoms with Crippen molar-refractivity contribution < 1.29 is 62.6 Å². The van der Waals surface area contributed by atoms with Gasteiger partial charge in [-0.05, 0) is 69.0 Å². The number of nitrogens with zero attached hydrogens (tertiary/aromatic N) is 3. The molecule has 0 spiro atoms. The Kier molecular flexibility index (Phi) is 8.22. The molecule has 47 heavy (non-hydrogen) atoms. The molecule has 1 aliphatic carbocycles. The van der Waals surface area contributed by atoms with Crippen molar-refractivity contribution in [2.45, 2.75) is 91.1 Å². The van der Waals surface area contributed by atoms with Crippen LogP contribution in [0.2, 0.25) is 0 Å². The first-order valence-corrected chi connectivity index (χ1v) is 15.8. The zero-order valence-electron chi connectivity index (χ0n) is 24.7. The van der Waals surface area contributed by atoms with Crippen LogP contribution >= 0.6 is 0 Å². The number of rotatable bonds is 6. The molecule has 1 aromatic carbocycles. The molecule has 1 N–H and O–H groups in total. The van der Waals surface area contributed by atoms with Gasteiger partial charge in [0.2, 0.25) is 5.91 Å². The van der Waals surface area contributed by atoms with Crippen molar-refractivity contribution >= 4 is 21.7 Å². The quantitative estimate of drug-likeness (QED) is 0.353. The van der Waals surface area contributed by atoms with Crippen LogP contribution in [-0.4, -0.2) is 89.4 Å². The molecule has 0 radical (unpaired) electrons. The molecule has 2 aromatic rings. The molecule has 5 rings (SSSR count). The average molecular weight is 702 g/mol. The van der Waals surface area contributed by atoms with Crippen molar-refractivity contribution in [1.82, 2.24) is 14.8 Å². The Morgan fingerprint density at radius 3 is 2.17 bits per heavy atom. The predicted octanol–water partition coefficient (Wildman–Crippen LogP) is 4.44. The number of hydrogen-bond acceptors (Lipinski definition) is 6. The van der Waals surface area contributed by atoms with Crippen LogP contribution in [0, 0.1) is 5.82 Å². The van der Waals surface area contributed by atoms with Gasteiger partial charge >= 0.3 is 18.0 Å². The number of hydrogen-bond donors (Lipinski definition) is 1. The highest BCUT2D eigenvalue weighted by Crippen LogP contribution is 2.56. The van der Waals surface area contributed by atoms with E-state index in [-0.39, 0.29) is 18.2 Å². The average Bonchev–Trinajstić information content (AvgIpc) is 3.49. The van der Waals surface area contributed by atoms with Crippen molar-refractivity contribution in [3.05, 3.63) is 59.2 Å². The number of alkyl halides is 8. The molecule has 3 aliphatic rings. The van der Waals surface area contributed by atoms with Crippen LogP contribution in [0.4, 0.5) is 39.5 Å². The van der Waals surface area contributed by atoms with Crippen LogP contribution in [0.1, 0.15) is 50.1 Å². The fourth-order valence-electron chi connectivity index (χ4n) is 6.89. The predicted molar refractivity (Wildman–Crippen MR) is 144 cm³/mol. The lowest BCUT2D eigenvalue weighted by Gasteiger charge is -2.43. The highest BCUT2D eigenvalue weighted by molar-refractivity contribution is 7.92. The minimum Gasteiger partial charge on any atom is -0.389 e. The van der Waals surface area contributed by atoms with Crippen molar-refractivity contribution in [3.63, 3.8) is 0 Å². The molecule has 0 bridgehead atoms. The number of benzene rings is 1. The summed E-state index contributed by atoms with van der Waals surface area (Å²) in [5.41, 5.74) is -10.5. The highest BCUT2D eigenvalue weighted by Gasteiger charge is 2.75. The van der Waals surface area contributed by atoms with Gasteiger partial charge in [-0.1, -0.05) is 6.07 Å². The number of likely N-dealkylation sites (tertiary alicyclic amines) is 2. The Labute approximate surface area is 262 Å². The topological polar surface area (TPSA) is 108 Å². The minimum atomic E-state index is -6.49. The number of aliphatic hydroxyl groups is 1. The number of amides is 2. The van der Waals surface area contributed by atoms with Crippen LogP contribution in [-0.2, 0) is 36.3 Å². The first-order chi connectivity index (χ1) is 21.5. The van der Waals surface area contributed by atoms with Crippen molar-refractivity contribution in [1.29, 1.82) is 0 Å². The van der Waals surface area contributed by atoms with Gasteiger partial charge in [0, 0.05) is 25.2 Å². The van der Waals surface area contributed by atoms with E-state index in [1.807, 2.05) is 0 Å². The van der Waals surface area contributed by atoms with Gasteiger partial charge in [-0.3, -0.25) is 14.6 Å². The molecular formula is C29H28F9N3O5S. The summed E-state index contributed by atoms with van der Waals surface area (Å²) in [6.45, 7) is 1.79. The second kappa shape index (κ2) is 11.1. The molecule has 0 saturated carbocycles. The first-order valence-electron chi connectivity index (χ1n) is 14.3. The Hall–Kier alpha value is -3.41. The Morgan fingerprint density at radius 1 is 1.02 bits per heavy atom. The molecular weight excluding hydrogens is 673 g/mol. The Balaban J connectivity index is 1.66. The van der Waals surface area contributed by atoms with Crippen molar-refractivity contribution in [2.75, 3.05) is 13.1 Å². The largest absolute Gasteiger partial charge is 0.437 e. The van der Waals surface area contributed by atoms with E-state index in [1.165, 1.54) is 13.8 Å². The molecule has 4 atom stereocenters. The van der Waals surface area contributed by atoms with Crippen LogP contribution in [0.5, 0.6) is 0 Å². The van der Waals surface area contributed by atoms with E-state index in [9.17, 15) is 62.6 Å². The van der Waals surface area contributed by atoms with E-state index < -0.39 is 123 Å². The lowest BCUT2D eigenvalue weighted by molar-refractivity contribution is -0.350. The molecule has 2 saturated heterocycles. The first kappa shape index (κ1) is 34.9. The van der Waals surface area contributed by atoms with Gasteiger partial charge in [0.05, 0.1) is 22.2 Å². The van der Waals surface area contributed by atoms with E-state index in [0.717, 1.165) is 34.1 Å². The fourth-order valence-corrected chi connectivity index (χ4v) is 9.25. The maximum atomic E-state index is 15.0. The summed E-state index contributed by atoms with van der Waals surface area (Å²) >= 11 is 0. The van der Waals surface area contributed by atoms with Gasteiger partial charge in [-0.25, -0.2) is 21.6 Å². The summed E-state index contributed by atoms with van der Waals surface area (Å²) in [5, 5.41) is 10.3. The number of fused-ring (bicyclic) bond motifs is 3. The van der Waals surface area contributed by atoms with Crippen LogP contribution in [0.15, 0.2) is 41.3 Å². The normalized spacial score (nSPS) is 25.6. The molecule has 8 nitrogen and oxygen atoms in total. The summed E-state index contributed by atoms with van der Waals surface area (Å²) in [5.74, 6) is -2.80. The lowest BCUT2D eigenvalue weighted by Crippen LogP contribution is -2.56. The molecule has 1 aromatic heterocycles. The van der Waals surface area contributed by atoms with E-state index in [0.29, 0.717) is 6.07 Å². The minimum absolute atomic E-state index is 0.100. The maximum absolute atomic E-state index is 15.0. The van der Waals surface area contributed by atoms with Crippen molar-refractivity contribution in [3.8, 4) is 0 Å². The molecule has 18 heteroatoms. The Morgan fingerprint density at radius 2 is 1.62 bits per heavy atom. The van der Waals surface area contributed by atoms with Crippen LogP contribution in [0.3, 0.4) is 0 Å². The van der Waals surface area contributed by atoms with Crippen molar-refractivity contribution in [2.24, 2.45) is 0 Å². The van der Waals surface area contributed by atoms with Gasteiger partial charge in [-0.15, -0.1) is 0 Å². The smallest absolute Gasteiger partial charge is 0.389 e. The number of pyridine rings is 1. The number of aromatic nitrogens is 1. The van der Waals surface area contributed by atoms with Gasteiger partial charge in [-0.2, -0.15) is 26.3 Å². The number of halogens is 9. The van der Waals surface area contributed by atoms with E-state index in [4.69, 9.17) is 0 Å². The fraction of sp³-hybridized carbons (Fsp3) is 0.552. The third-order valence-corrected chi connectivity index (χ3v) is 11.5. The monoisotopic (exact) mass is 701 g/mol. The second-order valence-corrected chi connectivity index (χ2v) is 14.7. The molecule has 2 fully saturated rings. The van der Waals surface area contributed by atoms with Gasteiger partial charge in [0.25, 0.3) is 5.91 Å². The maximum Gasteiger partial charge on any atom is 0.437 e. The summed E-state index contributed by atoms with van der Waals surface area (Å²) < 4.78 is 151. The van der Waals surface area contributed by atoms with E-state index in [1.54, 1.807) is 0 Å². The molecule has 2 amide bonds. The second-order valence-electron chi connectivity index (χ2n) is 12.5. The number of β-amino-alcohol motifs (C(OH)–C–C–N with tert-alkyl or cyclic N) is 1. The standard InChI is InChI=1S/C29H28F9N3O5S/c1-25(2,44)14-41-20(13-18(31)23(41)42)24(43)40-12-11-26(47(45,46)16-5-3-15(30)4-6-16)17-7-9-21(39-19(17)8-10-22(26)40)27(32,28(33,34)35)29(36,37)38/h3-7,9,18,20,22,44H,8,10-14H2,1-2H3/t18-,20+,22?,26?/m1/s1. The van der Waals surface area contributed by atoms with Gasteiger partial charge < -0.3 is 14.9 Å². The third kappa shape index (κ3) is 5.34. The highest BCUT2D eigenvalue weighted by atomic mass is 32.2. The summed E-state index contributed by atoms with van der Waals surface area (Å²) in [4.78, 5) is 31.4. The zero-order valence-corrected chi connectivity index (χ0v) is 25.5. The number of sulfone groups is 1. The third-order valence-electron chi connectivity index (χ3n) is 8.94. The summed E-state index contributed by atoms with van der Waals surface area (Å²) in [6.07, 6.45) is -17.1. The summed E-state index contributed by atoms with van der Waals surface area (Å²) in [7, 11) is -4.78. The molecule has 2 aliphatic heterocycles. The van der Waals surface area contributed by atoms with Crippen LogP contribution < -0.4 is 0 Å². The molecule has 258 valence electrons. The van der Waals surface area contributed by atoms with E-state index in [2.05, 4.69) is 4.98 Å². The zero-order chi connectivity index (χ0) is 35.1. The number of carbonyl (C=O) groups excluding carboxylic acids is 2. The van der Waals surface area contributed by atoms with E-state index >= 15 is 0 Å². The molecule has 3 heterocycles. The SMILES string of the molecule is CC(C)(O)CN1C(=O)[C@H](F)C[C@H]1C(=O)N1CCC2(S(=O)(=O)c3ccc(F)cc3)c3ccc(C(F)(C(F)(F)F)C(F)(F)F)nc3CCC12. The number of aryl methyl sites for hydroxylation is 1.